The Hall–Kier alpha value is -6.70. The van der Waals surface area contributed by atoms with Gasteiger partial charge in [-0.15, -0.1) is 0 Å². The van der Waals surface area contributed by atoms with Crippen LogP contribution in [-0.4, -0.2) is 0 Å². The lowest BCUT2D eigenvalue weighted by Gasteiger charge is -2.19. The first-order valence-electron chi connectivity index (χ1n) is 17.6. The Kier molecular flexibility index (Phi) is 6.02. The fraction of sp³-hybridized carbons (Fsp3) is 0. The van der Waals surface area contributed by atoms with E-state index >= 15 is 0 Å². The maximum absolute atomic E-state index is 6.77. The molecule has 0 saturated heterocycles. The van der Waals surface area contributed by atoms with Gasteiger partial charge in [-0.05, 0) is 99.9 Å². The molecule has 0 aliphatic carbocycles. The smallest absolute Gasteiger partial charge is 0.143 e. The molecule has 236 valence electrons. The first-order chi connectivity index (χ1) is 25.3. The van der Waals surface area contributed by atoms with Crippen molar-refractivity contribution in [2.24, 2.45) is 0 Å². The molecule has 0 unspecified atom stereocenters. The summed E-state index contributed by atoms with van der Waals surface area (Å²) in [5, 5.41) is 14.7. The van der Waals surface area contributed by atoms with Crippen molar-refractivity contribution in [3.8, 4) is 33.4 Å². The van der Waals surface area contributed by atoms with E-state index in [1.807, 2.05) is 0 Å². The number of hydrogen-bond acceptors (Lipinski definition) is 1. The van der Waals surface area contributed by atoms with Gasteiger partial charge in [-0.1, -0.05) is 164 Å². The van der Waals surface area contributed by atoms with E-state index in [-0.39, 0.29) is 0 Å². The summed E-state index contributed by atoms with van der Waals surface area (Å²) in [7, 11) is 0. The maximum Gasteiger partial charge on any atom is 0.143 e. The number of furan rings is 1. The Morgan fingerprint density at radius 3 is 1.49 bits per heavy atom. The number of hydrogen-bond donors (Lipinski definition) is 0. The van der Waals surface area contributed by atoms with E-state index in [2.05, 4.69) is 182 Å². The van der Waals surface area contributed by atoms with Gasteiger partial charge < -0.3 is 4.42 Å². The number of fused-ring (bicyclic) bond motifs is 9. The fourth-order valence-corrected chi connectivity index (χ4v) is 8.52. The van der Waals surface area contributed by atoms with Crippen LogP contribution >= 0.6 is 0 Å². The highest BCUT2D eigenvalue weighted by molar-refractivity contribution is 6.25. The van der Waals surface area contributed by atoms with E-state index in [0.717, 1.165) is 27.7 Å². The molecule has 1 heteroatoms. The van der Waals surface area contributed by atoms with Gasteiger partial charge in [0.25, 0.3) is 0 Å². The first kappa shape index (κ1) is 28.2. The first-order valence-corrected chi connectivity index (χ1v) is 17.6. The Labute approximate surface area is 294 Å². The molecule has 11 aromatic rings. The Morgan fingerprint density at radius 1 is 0.294 bits per heavy atom. The summed E-state index contributed by atoms with van der Waals surface area (Å²) < 4.78 is 6.77. The van der Waals surface area contributed by atoms with Gasteiger partial charge in [0, 0.05) is 16.3 Å². The topological polar surface area (TPSA) is 13.1 Å². The molecule has 0 amide bonds. The Bertz CT molecular complexity index is 3120. The molecule has 0 aliphatic rings. The van der Waals surface area contributed by atoms with E-state index in [0.29, 0.717) is 0 Å². The molecule has 51 heavy (non-hydrogen) atoms. The van der Waals surface area contributed by atoms with Gasteiger partial charge >= 0.3 is 0 Å². The van der Waals surface area contributed by atoms with Crippen LogP contribution in [-0.2, 0) is 0 Å². The van der Waals surface area contributed by atoms with Gasteiger partial charge in [0.1, 0.15) is 11.2 Å². The molecule has 11 rings (SSSR count). The van der Waals surface area contributed by atoms with Crippen LogP contribution in [0.2, 0.25) is 0 Å². The molecule has 0 bridgehead atoms. The molecular weight excluding hydrogens is 617 g/mol. The summed E-state index contributed by atoms with van der Waals surface area (Å²) in [6.45, 7) is 0. The van der Waals surface area contributed by atoms with Crippen molar-refractivity contribution >= 4 is 75.8 Å². The van der Waals surface area contributed by atoms with Crippen molar-refractivity contribution < 1.29 is 4.42 Å². The summed E-state index contributed by atoms with van der Waals surface area (Å²) in [5.41, 5.74) is 9.11. The zero-order valence-corrected chi connectivity index (χ0v) is 27.7. The van der Waals surface area contributed by atoms with Crippen LogP contribution in [0.5, 0.6) is 0 Å². The van der Waals surface area contributed by atoms with Crippen molar-refractivity contribution in [2.45, 2.75) is 0 Å². The molecule has 0 saturated carbocycles. The number of rotatable bonds is 3. The molecule has 0 spiro atoms. The molecule has 0 radical (unpaired) electrons. The monoisotopic (exact) mass is 646 g/mol. The highest BCUT2D eigenvalue weighted by Gasteiger charge is 2.20. The molecule has 0 fully saturated rings. The van der Waals surface area contributed by atoms with Gasteiger partial charge in [0.2, 0.25) is 0 Å². The molecule has 1 heterocycles. The third kappa shape index (κ3) is 4.22. The zero-order valence-electron chi connectivity index (χ0n) is 27.7. The van der Waals surface area contributed by atoms with Crippen LogP contribution in [0.15, 0.2) is 186 Å². The largest absolute Gasteiger partial charge is 0.455 e. The van der Waals surface area contributed by atoms with Gasteiger partial charge in [-0.3, -0.25) is 0 Å². The third-order valence-corrected chi connectivity index (χ3v) is 10.8. The molecule has 0 N–H and O–H groups in total. The van der Waals surface area contributed by atoms with E-state index in [1.165, 1.54) is 81.5 Å². The van der Waals surface area contributed by atoms with E-state index in [1.54, 1.807) is 0 Å². The van der Waals surface area contributed by atoms with Crippen molar-refractivity contribution in [1.29, 1.82) is 0 Å². The molecule has 0 atom stereocenters. The lowest BCUT2D eigenvalue weighted by atomic mass is 9.84. The molecule has 1 nitrogen and oxygen atoms in total. The summed E-state index contributed by atoms with van der Waals surface area (Å²) in [4.78, 5) is 0. The number of benzene rings is 10. The fourth-order valence-electron chi connectivity index (χ4n) is 8.52. The molecule has 10 aromatic carbocycles. The summed E-state index contributed by atoms with van der Waals surface area (Å²) in [5.74, 6) is 0. The normalized spacial score (nSPS) is 11.9. The predicted molar refractivity (Wildman–Crippen MR) is 218 cm³/mol. The summed E-state index contributed by atoms with van der Waals surface area (Å²) >= 11 is 0. The molecule has 1 aromatic heterocycles. The average molecular weight is 647 g/mol. The second-order valence-corrected chi connectivity index (χ2v) is 13.6. The second-order valence-electron chi connectivity index (χ2n) is 13.6. The van der Waals surface area contributed by atoms with Crippen LogP contribution in [0, 0.1) is 0 Å². The van der Waals surface area contributed by atoms with Gasteiger partial charge in [0.15, 0.2) is 0 Å². The minimum absolute atomic E-state index is 0.919. The van der Waals surface area contributed by atoms with E-state index < -0.39 is 0 Å². The van der Waals surface area contributed by atoms with Gasteiger partial charge in [-0.2, -0.15) is 0 Å². The van der Waals surface area contributed by atoms with E-state index in [4.69, 9.17) is 4.42 Å². The van der Waals surface area contributed by atoms with Crippen LogP contribution in [0.3, 0.4) is 0 Å². The SMILES string of the molecule is c1ccc2cc3c(cc2c1)oc1c(-c2ccc(-c4c5ccccc5c(-c5cccc6ccccc56)c5ccccc45)cc2)cc2ccccc2c13. The van der Waals surface area contributed by atoms with Crippen LogP contribution < -0.4 is 0 Å². The predicted octanol–water partition coefficient (Wildman–Crippen LogP) is 14.4. The minimum atomic E-state index is 0.919. The lowest BCUT2D eigenvalue weighted by Crippen LogP contribution is -1.91. The highest BCUT2D eigenvalue weighted by Crippen LogP contribution is 2.46. The summed E-state index contributed by atoms with van der Waals surface area (Å²) in [6.07, 6.45) is 0. The Balaban J connectivity index is 1.14. The lowest BCUT2D eigenvalue weighted by molar-refractivity contribution is 0.671. The van der Waals surface area contributed by atoms with Gasteiger partial charge in [0.05, 0.1) is 0 Å². The van der Waals surface area contributed by atoms with Crippen LogP contribution in [0.4, 0.5) is 0 Å². The van der Waals surface area contributed by atoms with Crippen molar-refractivity contribution in [3.05, 3.63) is 182 Å². The van der Waals surface area contributed by atoms with E-state index in [9.17, 15) is 0 Å². The minimum Gasteiger partial charge on any atom is -0.455 e. The highest BCUT2D eigenvalue weighted by atomic mass is 16.3. The quantitative estimate of drug-likeness (QED) is 0.174. The van der Waals surface area contributed by atoms with Crippen molar-refractivity contribution in [1.82, 2.24) is 0 Å². The Morgan fingerprint density at radius 2 is 0.804 bits per heavy atom. The van der Waals surface area contributed by atoms with Gasteiger partial charge in [-0.25, -0.2) is 0 Å². The van der Waals surface area contributed by atoms with Crippen molar-refractivity contribution in [3.63, 3.8) is 0 Å². The zero-order chi connectivity index (χ0) is 33.5. The standard InChI is InChI=1S/C50H30O/c1-2-14-35-30-46-45(28-34(35)13-1)49-38-18-6-4-15-36(38)29-44(50(49)51-46)32-24-26-33(27-25-32)47-40-19-7-9-21-42(40)48(43-22-10-8-20-41(43)47)39-23-11-16-31-12-3-5-17-37(31)39/h1-30H. The second kappa shape index (κ2) is 10.9. The molecular formula is C50H30O. The van der Waals surface area contributed by atoms with Crippen molar-refractivity contribution in [2.75, 3.05) is 0 Å². The van der Waals surface area contributed by atoms with Crippen LogP contribution in [0.1, 0.15) is 0 Å². The average Bonchev–Trinajstić information content (AvgIpc) is 3.57. The van der Waals surface area contributed by atoms with Crippen LogP contribution in [0.25, 0.3) is 109 Å². The third-order valence-electron chi connectivity index (χ3n) is 10.8. The summed E-state index contributed by atoms with van der Waals surface area (Å²) in [6, 6.07) is 66.2. The maximum atomic E-state index is 6.77. The molecule has 0 aliphatic heterocycles.